The van der Waals surface area contributed by atoms with Crippen molar-refractivity contribution in [2.45, 2.75) is 32.7 Å². The van der Waals surface area contributed by atoms with Gasteiger partial charge in [-0.15, -0.1) is 0 Å². The van der Waals surface area contributed by atoms with E-state index in [1.165, 1.54) is 5.56 Å². The van der Waals surface area contributed by atoms with E-state index in [0.717, 1.165) is 30.9 Å². The van der Waals surface area contributed by atoms with Crippen LogP contribution in [0.5, 0.6) is 11.5 Å². The summed E-state index contributed by atoms with van der Waals surface area (Å²) in [5.41, 5.74) is 1.18. The molecule has 0 aromatic heterocycles. The molecule has 0 heterocycles. The van der Waals surface area contributed by atoms with Crippen LogP contribution < -0.4 is 20.1 Å². The number of hydrogen-bond donors (Lipinski definition) is 2. The van der Waals surface area contributed by atoms with Gasteiger partial charge in [0.1, 0.15) is 0 Å². The molecule has 0 radical (unpaired) electrons. The molecule has 1 rings (SSSR count). The maximum atomic E-state index is 5.29. The average molecular weight is 296 g/mol. The van der Waals surface area contributed by atoms with E-state index in [4.69, 9.17) is 21.7 Å². The third-order valence-corrected chi connectivity index (χ3v) is 3.40. The Labute approximate surface area is 126 Å². The van der Waals surface area contributed by atoms with E-state index < -0.39 is 0 Å². The maximum Gasteiger partial charge on any atom is 0.166 e. The summed E-state index contributed by atoms with van der Waals surface area (Å²) in [6, 6.07) is 6.35. The molecule has 0 saturated heterocycles. The van der Waals surface area contributed by atoms with Crippen LogP contribution in [-0.4, -0.2) is 31.9 Å². The van der Waals surface area contributed by atoms with Crippen LogP contribution in [-0.2, 0) is 6.42 Å². The van der Waals surface area contributed by atoms with Crippen LogP contribution in [0.2, 0.25) is 0 Å². The van der Waals surface area contributed by atoms with Crippen LogP contribution >= 0.6 is 12.2 Å². The lowest BCUT2D eigenvalue weighted by Crippen LogP contribution is -2.40. The van der Waals surface area contributed by atoms with Crippen LogP contribution in [0.1, 0.15) is 25.8 Å². The highest BCUT2D eigenvalue weighted by atomic mass is 32.1. The fourth-order valence-corrected chi connectivity index (χ4v) is 2.04. The number of thiocarbonyl (C=S) groups is 1. The average Bonchev–Trinajstić information content (AvgIpc) is 2.46. The van der Waals surface area contributed by atoms with Crippen LogP contribution in [0.4, 0.5) is 0 Å². The molecule has 20 heavy (non-hydrogen) atoms. The highest BCUT2D eigenvalue weighted by Crippen LogP contribution is 2.27. The molecule has 0 aliphatic carbocycles. The van der Waals surface area contributed by atoms with Gasteiger partial charge in [0.05, 0.1) is 14.2 Å². The number of rotatable bonds is 7. The van der Waals surface area contributed by atoms with Crippen molar-refractivity contribution in [1.29, 1.82) is 0 Å². The Morgan fingerprint density at radius 2 is 1.95 bits per heavy atom. The molecule has 0 amide bonds. The Bertz CT molecular complexity index is 438. The first-order valence-corrected chi connectivity index (χ1v) is 7.26. The standard InChI is InChI=1S/C15H24N2O2S/c1-5-11(2)17-15(20)16-9-8-12-6-7-13(18-3)14(10-12)19-4/h6-7,10-11H,5,8-9H2,1-4H3,(H2,16,17,20). The number of ether oxygens (including phenoxy) is 2. The highest BCUT2D eigenvalue weighted by molar-refractivity contribution is 7.80. The fourth-order valence-electron chi connectivity index (χ4n) is 1.73. The van der Waals surface area contributed by atoms with E-state index in [1.807, 2.05) is 18.2 Å². The van der Waals surface area contributed by atoms with E-state index in [1.54, 1.807) is 14.2 Å². The van der Waals surface area contributed by atoms with Crippen molar-refractivity contribution in [3.05, 3.63) is 23.8 Å². The van der Waals surface area contributed by atoms with E-state index in [2.05, 4.69) is 24.5 Å². The molecule has 0 aliphatic heterocycles. The Kier molecular flexibility index (Phi) is 7.15. The van der Waals surface area contributed by atoms with Crippen molar-refractivity contribution in [2.75, 3.05) is 20.8 Å². The SMILES string of the molecule is CCC(C)NC(=S)NCCc1ccc(OC)c(OC)c1. The number of nitrogens with one attached hydrogen (secondary N) is 2. The summed E-state index contributed by atoms with van der Waals surface area (Å²) in [7, 11) is 3.28. The molecule has 112 valence electrons. The van der Waals surface area contributed by atoms with Crippen LogP contribution in [0.25, 0.3) is 0 Å². The first kappa shape index (κ1) is 16.6. The molecule has 0 bridgehead atoms. The summed E-state index contributed by atoms with van der Waals surface area (Å²) in [4.78, 5) is 0. The zero-order valence-corrected chi connectivity index (χ0v) is 13.5. The van der Waals surface area contributed by atoms with Gasteiger partial charge in [0.25, 0.3) is 0 Å². The third kappa shape index (κ3) is 5.25. The summed E-state index contributed by atoms with van der Waals surface area (Å²) in [6.07, 6.45) is 1.93. The Morgan fingerprint density at radius 1 is 1.25 bits per heavy atom. The van der Waals surface area contributed by atoms with Gasteiger partial charge in [-0.25, -0.2) is 0 Å². The minimum atomic E-state index is 0.399. The van der Waals surface area contributed by atoms with Crippen molar-refractivity contribution < 1.29 is 9.47 Å². The second kappa shape index (κ2) is 8.64. The minimum Gasteiger partial charge on any atom is -0.493 e. The molecular weight excluding hydrogens is 272 g/mol. The van der Waals surface area contributed by atoms with E-state index in [9.17, 15) is 0 Å². The number of hydrogen-bond acceptors (Lipinski definition) is 3. The zero-order chi connectivity index (χ0) is 15.0. The first-order valence-electron chi connectivity index (χ1n) is 6.86. The van der Waals surface area contributed by atoms with Gasteiger partial charge in [-0.3, -0.25) is 0 Å². The molecule has 2 N–H and O–H groups in total. The van der Waals surface area contributed by atoms with Crippen molar-refractivity contribution >= 4 is 17.3 Å². The molecule has 5 heteroatoms. The lowest BCUT2D eigenvalue weighted by Gasteiger charge is -2.15. The predicted molar refractivity (Wildman–Crippen MR) is 86.7 cm³/mol. The van der Waals surface area contributed by atoms with Gasteiger partial charge in [-0.1, -0.05) is 13.0 Å². The molecule has 1 atom stereocenters. The summed E-state index contributed by atoms with van der Waals surface area (Å²) >= 11 is 5.23. The summed E-state index contributed by atoms with van der Waals surface area (Å²) in [5, 5.41) is 7.15. The molecule has 1 aromatic rings. The molecule has 4 nitrogen and oxygen atoms in total. The third-order valence-electron chi connectivity index (χ3n) is 3.14. The summed E-state index contributed by atoms with van der Waals surface area (Å²) in [6.45, 7) is 5.03. The highest BCUT2D eigenvalue weighted by Gasteiger charge is 2.05. The Morgan fingerprint density at radius 3 is 2.55 bits per heavy atom. The van der Waals surface area contributed by atoms with Crippen LogP contribution in [0, 0.1) is 0 Å². The summed E-state index contributed by atoms with van der Waals surface area (Å²) < 4.78 is 10.5. The van der Waals surface area contributed by atoms with Gasteiger partial charge >= 0.3 is 0 Å². The quantitative estimate of drug-likeness (QED) is 0.757. The summed E-state index contributed by atoms with van der Waals surface area (Å²) in [5.74, 6) is 1.50. The lowest BCUT2D eigenvalue weighted by atomic mass is 10.1. The second-order valence-corrected chi connectivity index (χ2v) is 5.06. The van der Waals surface area contributed by atoms with Gasteiger partial charge < -0.3 is 20.1 Å². The zero-order valence-electron chi connectivity index (χ0n) is 12.7. The Hall–Kier alpha value is -1.49. The molecule has 0 spiro atoms. The fraction of sp³-hybridized carbons (Fsp3) is 0.533. The Balaban J connectivity index is 2.44. The number of benzene rings is 1. The number of methoxy groups -OCH3 is 2. The van der Waals surface area contributed by atoms with E-state index in [0.29, 0.717) is 11.2 Å². The van der Waals surface area contributed by atoms with Gasteiger partial charge in [0.15, 0.2) is 16.6 Å². The molecule has 1 aromatic carbocycles. The molecular formula is C15H24N2O2S. The minimum absolute atomic E-state index is 0.399. The second-order valence-electron chi connectivity index (χ2n) is 4.65. The predicted octanol–water partition coefficient (Wildman–Crippen LogP) is 2.51. The first-order chi connectivity index (χ1) is 9.60. The van der Waals surface area contributed by atoms with Crippen molar-refractivity contribution in [1.82, 2.24) is 10.6 Å². The lowest BCUT2D eigenvalue weighted by molar-refractivity contribution is 0.354. The molecule has 0 aliphatic rings. The van der Waals surface area contributed by atoms with Crippen molar-refractivity contribution in [2.24, 2.45) is 0 Å². The van der Waals surface area contributed by atoms with E-state index >= 15 is 0 Å². The molecule has 0 saturated carbocycles. The van der Waals surface area contributed by atoms with E-state index in [-0.39, 0.29) is 0 Å². The van der Waals surface area contributed by atoms with Crippen molar-refractivity contribution in [3.8, 4) is 11.5 Å². The molecule has 0 fully saturated rings. The van der Waals surface area contributed by atoms with Crippen molar-refractivity contribution in [3.63, 3.8) is 0 Å². The topological polar surface area (TPSA) is 42.5 Å². The normalized spacial score (nSPS) is 11.6. The van der Waals surface area contributed by atoms with Gasteiger partial charge in [0, 0.05) is 12.6 Å². The largest absolute Gasteiger partial charge is 0.493 e. The smallest absolute Gasteiger partial charge is 0.166 e. The van der Waals surface area contributed by atoms with Gasteiger partial charge in [-0.05, 0) is 49.7 Å². The maximum absolute atomic E-state index is 5.29. The van der Waals surface area contributed by atoms with Crippen LogP contribution in [0.15, 0.2) is 18.2 Å². The van der Waals surface area contributed by atoms with Gasteiger partial charge in [0.2, 0.25) is 0 Å². The van der Waals surface area contributed by atoms with Gasteiger partial charge in [-0.2, -0.15) is 0 Å². The monoisotopic (exact) mass is 296 g/mol. The molecule has 1 unspecified atom stereocenters. The van der Waals surface area contributed by atoms with Crippen LogP contribution in [0.3, 0.4) is 0 Å².